The average molecular weight is 254 g/mol. The topological polar surface area (TPSA) is 58.6 Å². The first-order valence-electron chi connectivity index (χ1n) is 6.72. The third kappa shape index (κ3) is 2.51. The highest BCUT2D eigenvalue weighted by molar-refractivity contribution is 5.86. The van der Waals surface area contributed by atoms with Crippen molar-refractivity contribution in [1.82, 2.24) is 10.2 Å². The minimum absolute atomic E-state index is 0.161. The lowest BCUT2D eigenvalue weighted by molar-refractivity contribution is -0.164. The van der Waals surface area contributed by atoms with Gasteiger partial charge in [0.1, 0.15) is 0 Å². The van der Waals surface area contributed by atoms with Gasteiger partial charge in [0.15, 0.2) is 5.60 Å². The fraction of sp³-hybridized carbons (Fsp3) is 0.846. The van der Waals surface area contributed by atoms with Crippen molar-refractivity contribution >= 4 is 11.8 Å². The zero-order chi connectivity index (χ0) is 13.2. The largest absolute Gasteiger partial charge is 0.362 e. The van der Waals surface area contributed by atoms with Gasteiger partial charge >= 0.3 is 0 Å². The van der Waals surface area contributed by atoms with Gasteiger partial charge in [-0.2, -0.15) is 0 Å². The van der Waals surface area contributed by atoms with E-state index in [0.29, 0.717) is 19.7 Å². The SMILES string of the molecule is CNC(=O)C1(C)CN(C(=O)C2CCCC2)CCO1. The van der Waals surface area contributed by atoms with Crippen LogP contribution in [0.1, 0.15) is 32.6 Å². The van der Waals surface area contributed by atoms with Crippen LogP contribution in [-0.2, 0) is 14.3 Å². The molecule has 0 spiro atoms. The van der Waals surface area contributed by atoms with E-state index in [9.17, 15) is 9.59 Å². The average Bonchev–Trinajstić information content (AvgIpc) is 2.90. The molecule has 18 heavy (non-hydrogen) atoms. The number of rotatable bonds is 2. The standard InChI is InChI=1S/C13H22N2O3/c1-13(12(17)14-2)9-15(7-8-18-13)11(16)10-5-3-4-6-10/h10H,3-9H2,1-2H3,(H,14,17). The minimum Gasteiger partial charge on any atom is -0.362 e. The van der Waals surface area contributed by atoms with Crippen LogP contribution in [-0.4, -0.2) is 49.1 Å². The van der Waals surface area contributed by atoms with E-state index in [1.54, 1.807) is 18.9 Å². The van der Waals surface area contributed by atoms with Crippen molar-refractivity contribution in [3.63, 3.8) is 0 Å². The number of amides is 2. The van der Waals surface area contributed by atoms with Crippen molar-refractivity contribution in [1.29, 1.82) is 0 Å². The molecule has 1 unspecified atom stereocenters. The van der Waals surface area contributed by atoms with Gasteiger partial charge in [-0.05, 0) is 19.8 Å². The molecule has 0 bridgehead atoms. The number of nitrogens with one attached hydrogen (secondary N) is 1. The van der Waals surface area contributed by atoms with Gasteiger partial charge in [0.2, 0.25) is 5.91 Å². The van der Waals surface area contributed by atoms with Gasteiger partial charge in [-0.3, -0.25) is 9.59 Å². The molecule has 2 aliphatic rings. The van der Waals surface area contributed by atoms with E-state index in [2.05, 4.69) is 5.32 Å². The Labute approximate surface area is 108 Å². The summed E-state index contributed by atoms with van der Waals surface area (Å²) >= 11 is 0. The van der Waals surface area contributed by atoms with Gasteiger partial charge in [-0.15, -0.1) is 0 Å². The minimum atomic E-state index is -0.902. The molecule has 2 rings (SSSR count). The van der Waals surface area contributed by atoms with E-state index < -0.39 is 5.60 Å². The molecule has 0 aromatic carbocycles. The molecule has 1 aliphatic carbocycles. The second-order valence-corrected chi connectivity index (χ2v) is 5.40. The summed E-state index contributed by atoms with van der Waals surface area (Å²) in [5, 5.41) is 2.60. The Kier molecular flexibility index (Phi) is 3.90. The molecule has 1 saturated heterocycles. The van der Waals surface area contributed by atoms with Crippen LogP contribution in [0.2, 0.25) is 0 Å². The third-order valence-electron chi connectivity index (χ3n) is 4.00. The molecule has 2 amide bonds. The van der Waals surface area contributed by atoms with Crippen LogP contribution in [0.4, 0.5) is 0 Å². The maximum Gasteiger partial charge on any atom is 0.253 e. The van der Waals surface area contributed by atoms with Crippen molar-refractivity contribution in [3.8, 4) is 0 Å². The molecule has 2 fully saturated rings. The molecule has 102 valence electrons. The van der Waals surface area contributed by atoms with Crippen LogP contribution in [0.25, 0.3) is 0 Å². The van der Waals surface area contributed by atoms with Crippen LogP contribution >= 0.6 is 0 Å². The van der Waals surface area contributed by atoms with Crippen LogP contribution in [0.5, 0.6) is 0 Å². The van der Waals surface area contributed by atoms with Crippen molar-refractivity contribution in [3.05, 3.63) is 0 Å². The predicted molar refractivity (Wildman–Crippen MR) is 67.0 cm³/mol. The van der Waals surface area contributed by atoms with Gasteiger partial charge in [0.25, 0.3) is 5.91 Å². The lowest BCUT2D eigenvalue weighted by Gasteiger charge is -2.39. The van der Waals surface area contributed by atoms with Gasteiger partial charge in [-0.1, -0.05) is 12.8 Å². The highest BCUT2D eigenvalue weighted by Gasteiger charge is 2.41. The number of morpholine rings is 1. The Morgan fingerprint density at radius 1 is 1.33 bits per heavy atom. The van der Waals surface area contributed by atoms with Gasteiger partial charge < -0.3 is 15.0 Å². The predicted octanol–water partition coefficient (Wildman–Crippen LogP) is 0.540. The van der Waals surface area contributed by atoms with E-state index in [1.807, 2.05) is 0 Å². The third-order valence-corrected chi connectivity index (χ3v) is 4.00. The first-order chi connectivity index (χ1) is 8.57. The van der Waals surface area contributed by atoms with Crippen LogP contribution in [0, 0.1) is 5.92 Å². The molecule has 0 aromatic heterocycles. The quantitative estimate of drug-likeness (QED) is 0.782. The lowest BCUT2D eigenvalue weighted by Crippen LogP contribution is -2.59. The van der Waals surface area contributed by atoms with E-state index in [-0.39, 0.29) is 17.7 Å². The fourth-order valence-corrected chi connectivity index (χ4v) is 2.89. The Hall–Kier alpha value is -1.10. The second kappa shape index (κ2) is 5.26. The molecule has 1 N–H and O–H groups in total. The summed E-state index contributed by atoms with van der Waals surface area (Å²) in [5.41, 5.74) is -0.902. The molecule has 0 radical (unpaired) electrons. The van der Waals surface area contributed by atoms with Crippen molar-refractivity contribution in [2.75, 3.05) is 26.7 Å². The molecular weight excluding hydrogens is 232 g/mol. The normalized spacial score (nSPS) is 29.3. The lowest BCUT2D eigenvalue weighted by atomic mass is 10.0. The summed E-state index contributed by atoms with van der Waals surface area (Å²) in [7, 11) is 1.59. The van der Waals surface area contributed by atoms with Gasteiger partial charge in [0, 0.05) is 19.5 Å². The zero-order valence-electron chi connectivity index (χ0n) is 11.2. The van der Waals surface area contributed by atoms with Crippen LogP contribution in [0.3, 0.4) is 0 Å². The molecule has 1 saturated carbocycles. The number of hydrogen-bond donors (Lipinski definition) is 1. The second-order valence-electron chi connectivity index (χ2n) is 5.40. The van der Waals surface area contributed by atoms with E-state index in [1.165, 1.54) is 0 Å². The monoisotopic (exact) mass is 254 g/mol. The summed E-state index contributed by atoms with van der Waals surface area (Å²) in [6.45, 7) is 3.15. The number of hydrogen-bond acceptors (Lipinski definition) is 3. The first-order valence-corrected chi connectivity index (χ1v) is 6.72. The Morgan fingerprint density at radius 3 is 2.61 bits per heavy atom. The summed E-state index contributed by atoms with van der Waals surface area (Å²) in [4.78, 5) is 25.9. The van der Waals surface area contributed by atoms with Crippen LogP contribution < -0.4 is 5.32 Å². The summed E-state index contributed by atoms with van der Waals surface area (Å²) in [5.74, 6) is 0.203. The van der Waals surface area contributed by atoms with Crippen molar-refractivity contribution in [2.24, 2.45) is 5.92 Å². The fourth-order valence-electron chi connectivity index (χ4n) is 2.89. The maximum absolute atomic E-state index is 12.3. The maximum atomic E-state index is 12.3. The molecule has 0 aromatic rings. The van der Waals surface area contributed by atoms with Crippen molar-refractivity contribution < 1.29 is 14.3 Å². The molecule has 5 nitrogen and oxygen atoms in total. The number of nitrogens with zero attached hydrogens (tertiary/aromatic N) is 1. The molecule has 1 atom stereocenters. The van der Waals surface area contributed by atoms with Crippen molar-refractivity contribution in [2.45, 2.75) is 38.2 Å². The highest BCUT2D eigenvalue weighted by atomic mass is 16.5. The Morgan fingerprint density at radius 2 is 2.00 bits per heavy atom. The summed E-state index contributed by atoms with van der Waals surface area (Å²) in [6.07, 6.45) is 4.28. The Balaban J connectivity index is 2.01. The van der Waals surface area contributed by atoms with Crippen LogP contribution in [0.15, 0.2) is 0 Å². The first kappa shape index (κ1) is 13.3. The molecule has 1 aliphatic heterocycles. The van der Waals surface area contributed by atoms with E-state index in [0.717, 1.165) is 25.7 Å². The van der Waals surface area contributed by atoms with E-state index >= 15 is 0 Å². The smallest absolute Gasteiger partial charge is 0.253 e. The summed E-state index contributed by atoms with van der Waals surface area (Å²) in [6, 6.07) is 0. The van der Waals surface area contributed by atoms with E-state index in [4.69, 9.17) is 4.74 Å². The Bertz CT molecular complexity index is 339. The molecule has 5 heteroatoms. The summed E-state index contributed by atoms with van der Waals surface area (Å²) < 4.78 is 5.56. The highest BCUT2D eigenvalue weighted by Crippen LogP contribution is 2.28. The molecular formula is C13H22N2O3. The zero-order valence-corrected chi connectivity index (χ0v) is 11.2. The van der Waals surface area contributed by atoms with Gasteiger partial charge in [0.05, 0.1) is 13.2 Å². The number of ether oxygens (including phenoxy) is 1. The number of carbonyl (C=O) groups is 2. The number of carbonyl (C=O) groups excluding carboxylic acids is 2. The molecule has 1 heterocycles. The number of likely N-dealkylation sites (N-methyl/N-ethyl adjacent to an activating group) is 1. The van der Waals surface area contributed by atoms with Gasteiger partial charge in [-0.25, -0.2) is 0 Å².